The number of piperazine rings is 1. The zero-order valence-corrected chi connectivity index (χ0v) is 20.3. The molecule has 33 heavy (non-hydrogen) atoms. The number of hydrogen-bond donors (Lipinski definition) is 0. The molecule has 1 atom stereocenters. The molecule has 0 unspecified atom stereocenters. The van der Waals surface area contributed by atoms with Crippen molar-refractivity contribution in [2.75, 3.05) is 53.4 Å². The van der Waals surface area contributed by atoms with Gasteiger partial charge in [0.1, 0.15) is 0 Å². The fraction of sp³-hybridized carbons (Fsp3) is 0.480. The minimum atomic E-state index is -3.49. The molecule has 7 nitrogen and oxygen atoms in total. The Morgan fingerprint density at radius 1 is 0.879 bits per heavy atom. The van der Waals surface area contributed by atoms with Crippen molar-refractivity contribution in [3.63, 3.8) is 0 Å². The molecule has 2 aromatic carbocycles. The molecule has 0 saturated carbocycles. The van der Waals surface area contributed by atoms with E-state index in [1.54, 1.807) is 0 Å². The summed E-state index contributed by atoms with van der Waals surface area (Å²) in [6.07, 6.45) is 1.46. The standard InChI is InChI=1S/C25H34N4O3S/c1-26(2)33(31,32)29-15-9-14-23(20-29)25(30)28-18-16-27(17-19-28)24(21-10-5-3-6-11-21)22-12-7-4-8-13-22/h3-8,10-13,23-24H,9,14-20H2,1-2H3/t23-/m0/s1. The van der Waals surface area contributed by atoms with Crippen LogP contribution < -0.4 is 0 Å². The summed E-state index contributed by atoms with van der Waals surface area (Å²) in [6, 6.07) is 21.2. The summed E-state index contributed by atoms with van der Waals surface area (Å²) in [7, 11) is -0.416. The summed E-state index contributed by atoms with van der Waals surface area (Å²) in [6.45, 7) is 3.64. The van der Waals surface area contributed by atoms with Crippen molar-refractivity contribution >= 4 is 16.1 Å². The maximum Gasteiger partial charge on any atom is 0.281 e. The Bertz CT molecular complexity index is 983. The third-order valence-electron chi connectivity index (χ3n) is 6.74. The maximum absolute atomic E-state index is 13.3. The number of hydrogen-bond acceptors (Lipinski definition) is 4. The van der Waals surface area contributed by atoms with E-state index in [0.717, 1.165) is 19.5 Å². The summed E-state index contributed by atoms with van der Waals surface area (Å²) in [5, 5.41) is 0. The smallest absolute Gasteiger partial charge is 0.281 e. The van der Waals surface area contributed by atoms with Crippen LogP contribution in [0.4, 0.5) is 0 Å². The fourth-order valence-corrected chi connectivity index (χ4v) is 6.12. The van der Waals surface area contributed by atoms with Gasteiger partial charge in [-0.1, -0.05) is 60.7 Å². The Labute approximate surface area is 197 Å². The van der Waals surface area contributed by atoms with Gasteiger partial charge in [0.25, 0.3) is 10.2 Å². The molecule has 0 N–H and O–H groups in total. The number of piperidine rings is 1. The van der Waals surface area contributed by atoms with Crippen molar-refractivity contribution in [1.29, 1.82) is 0 Å². The number of carbonyl (C=O) groups is 1. The molecule has 2 fully saturated rings. The number of nitrogens with zero attached hydrogens (tertiary/aromatic N) is 4. The molecule has 0 bridgehead atoms. The Hall–Kier alpha value is -2.26. The largest absolute Gasteiger partial charge is 0.340 e. The fourth-order valence-electron chi connectivity index (χ4n) is 4.93. The van der Waals surface area contributed by atoms with E-state index in [4.69, 9.17) is 0 Å². The van der Waals surface area contributed by atoms with E-state index in [2.05, 4.69) is 53.4 Å². The lowest BCUT2D eigenvalue weighted by Crippen LogP contribution is -2.54. The molecule has 1 amide bonds. The van der Waals surface area contributed by atoms with Crippen LogP contribution in [0.25, 0.3) is 0 Å². The SMILES string of the molecule is CN(C)S(=O)(=O)N1CCC[C@H](C(=O)N2CCN(C(c3ccccc3)c3ccccc3)CC2)C1. The summed E-state index contributed by atoms with van der Waals surface area (Å²) in [5.74, 6) is -0.177. The second-order valence-corrected chi connectivity index (χ2v) is 11.2. The highest BCUT2D eigenvalue weighted by Gasteiger charge is 2.36. The average molecular weight is 471 g/mol. The van der Waals surface area contributed by atoms with Crippen LogP contribution in [0.2, 0.25) is 0 Å². The van der Waals surface area contributed by atoms with Gasteiger partial charge in [-0.05, 0) is 24.0 Å². The number of carbonyl (C=O) groups excluding carboxylic acids is 1. The van der Waals surface area contributed by atoms with Gasteiger partial charge in [-0.2, -0.15) is 17.0 Å². The molecule has 2 saturated heterocycles. The molecule has 0 aromatic heterocycles. The lowest BCUT2D eigenvalue weighted by molar-refractivity contribution is -0.138. The van der Waals surface area contributed by atoms with Gasteiger partial charge in [0.05, 0.1) is 12.0 Å². The van der Waals surface area contributed by atoms with Crippen LogP contribution in [0.15, 0.2) is 60.7 Å². The van der Waals surface area contributed by atoms with E-state index in [1.807, 2.05) is 17.0 Å². The predicted molar refractivity (Wildman–Crippen MR) is 130 cm³/mol. The van der Waals surface area contributed by atoms with Gasteiger partial charge < -0.3 is 4.90 Å². The number of rotatable bonds is 6. The molecule has 4 rings (SSSR count). The van der Waals surface area contributed by atoms with Crippen molar-refractivity contribution in [2.45, 2.75) is 18.9 Å². The molecule has 2 heterocycles. The van der Waals surface area contributed by atoms with Crippen LogP contribution >= 0.6 is 0 Å². The highest BCUT2D eigenvalue weighted by molar-refractivity contribution is 7.86. The van der Waals surface area contributed by atoms with E-state index < -0.39 is 10.2 Å². The summed E-state index contributed by atoms with van der Waals surface area (Å²) >= 11 is 0. The van der Waals surface area contributed by atoms with Gasteiger partial charge in [0, 0.05) is 53.4 Å². The first-order valence-electron chi connectivity index (χ1n) is 11.7. The first-order chi connectivity index (χ1) is 15.9. The third-order valence-corrected chi connectivity index (χ3v) is 8.65. The van der Waals surface area contributed by atoms with E-state index in [9.17, 15) is 13.2 Å². The van der Waals surface area contributed by atoms with E-state index in [1.165, 1.54) is 33.8 Å². The van der Waals surface area contributed by atoms with Gasteiger partial charge in [-0.3, -0.25) is 9.69 Å². The van der Waals surface area contributed by atoms with Crippen molar-refractivity contribution in [2.24, 2.45) is 5.92 Å². The zero-order chi connectivity index (χ0) is 23.4. The molecule has 2 aromatic rings. The highest BCUT2D eigenvalue weighted by Crippen LogP contribution is 2.30. The minimum absolute atomic E-state index is 0.0873. The first kappa shape index (κ1) is 23.9. The Balaban J connectivity index is 1.43. The molecule has 8 heteroatoms. The van der Waals surface area contributed by atoms with Crippen molar-refractivity contribution < 1.29 is 13.2 Å². The first-order valence-corrected chi connectivity index (χ1v) is 13.1. The number of amides is 1. The molecular formula is C25H34N4O3S. The van der Waals surface area contributed by atoms with Crippen molar-refractivity contribution in [1.82, 2.24) is 18.4 Å². The van der Waals surface area contributed by atoms with Gasteiger partial charge in [-0.15, -0.1) is 0 Å². The third kappa shape index (κ3) is 5.30. The lowest BCUT2D eigenvalue weighted by atomic mass is 9.95. The van der Waals surface area contributed by atoms with Crippen LogP contribution in [0.5, 0.6) is 0 Å². The minimum Gasteiger partial charge on any atom is -0.340 e. The van der Waals surface area contributed by atoms with E-state index in [0.29, 0.717) is 26.1 Å². The van der Waals surface area contributed by atoms with E-state index in [-0.39, 0.29) is 24.4 Å². The maximum atomic E-state index is 13.3. The summed E-state index contributed by atoms with van der Waals surface area (Å²) in [4.78, 5) is 17.7. The van der Waals surface area contributed by atoms with Gasteiger partial charge in [-0.25, -0.2) is 0 Å². The Kier molecular flexibility index (Phi) is 7.48. The molecule has 2 aliphatic heterocycles. The monoisotopic (exact) mass is 470 g/mol. The average Bonchev–Trinajstić information content (AvgIpc) is 2.85. The molecule has 178 valence electrons. The van der Waals surface area contributed by atoms with E-state index >= 15 is 0 Å². The van der Waals surface area contributed by atoms with Crippen LogP contribution in [0.1, 0.15) is 30.0 Å². The van der Waals surface area contributed by atoms with Crippen LogP contribution in [-0.2, 0) is 15.0 Å². The summed E-state index contributed by atoms with van der Waals surface area (Å²) < 4.78 is 27.8. The zero-order valence-electron chi connectivity index (χ0n) is 19.5. The second kappa shape index (κ2) is 10.3. The Morgan fingerprint density at radius 2 is 1.42 bits per heavy atom. The summed E-state index contributed by atoms with van der Waals surface area (Å²) in [5.41, 5.74) is 2.50. The Morgan fingerprint density at radius 3 is 1.94 bits per heavy atom. The highest BCUT2D eigenvalue weighted by atomic mass is 32.2. The quantitative estimate of drug-likeness (QED) is 0.651. The number of benzene rings is 2. The van der Waals surface area contributed by atoms with Crippen molar-refractivity contribution in [3.8, 4) is 0 Å². The van der Waals surface area contributed by atoms with Crippen LogP contribution in [-0.4, -0.2) is 86.1 Å². The van der Waals surface area contributed by atoms with Crippen LogP contribution in [0, 0.1) is 5.92 Å². The van der Waals surface area contributed by atoms with Gasteiger partial charge >= 0.3 is 0 Å². The second-order valence-electron chi connectivity index (χ2n) is 9.07. The van der Waals surface area contributed by atoms with Crippen molar-refractivity contribution in [3.05, 3.63) is 71.8 Å². The predicted octanol–water partition coefficient (Wildman–Crippen LogP) is 2.44. The van der Waals surface area contributed by atoms with Gasteiger partial charge in [0.2, 0.25) is 5.91 Å². The van der Waals surface area contributed by atoms with Gasteiger partial charge in [0.15, 0.2) is 0 Å². The topological polar surface area (TPSA) is 64.2 Å². The lowest BCUT2D eigenvalue weighted by Gasteiger charge is -2.41. The molecule has 0 radical (unpaired) electrons. The molecular weight excluding hydrogens is 436 g/mol. The molecule has 2 aliphatic rings. The van der Waals surface area contributed by atoms with Crippen LogP contribution in [0.3, 0.4) is 0 Å². The molecule has 0 spiro atoms. The molecule has 0 aliphatic carbocycles. The normalized spacial score (nSPS) is 21.0.